The SMILES string of the molecule is C=CCC(c1ccc(C)cc1)C(C(=O)OCC)C(=O)OCC. The van der Waals surface area contributed by atoms with Crippen LogP contribution in [0.15, 0.2) is 36.9 Å². The molecular weight excluding hydrogens is 280 g/mol. The Bertz CT molecular complexity index is 486. The first-order chi connectivity index (χ1) is 10.5. The highest BCUT2D eigenvalue weighted by Crippen LogP contribution is 2.31. The Hall–Kier alpha value is -2.10. The Labute approximate surface area is 132 Å². The van der Waals surface area contributed by atoms with Gasteiger partial charge in [-0.15, -0.1) is 6.58 Å². The summed E-state index contributed by atoms with van der Waals surface area (Å²) in [6.07, 6.45) is 2.20. The third-order valence-electron chi connectivity index (χ3n) is 3.41. The number of carbonyl (C=O) groups is 2. The van der Waals surface area contributed by atoms with E-state index in [9.17, 15) is 9.59 Å². The number of benzene rings is 1. The molecule has 0 aliphatic heterocycles. The molecule has 0 N–H and O–H groups in total. The van der Waals surface area contributed by atoms with Crippen LogP contribution in [0.25, 0.3) is 0 Å². The molecule has 0 aromatic heterocycles. The summed E-state index contributed by atoms with van der Waals surface area (Å²) < 4.78 is 10.1. The lowest BCUT2D eigenvalue weighted by Crippen LogP contribution is -2.33. The summed E-state index contributed by atoms with van der Waals surface area (Å²) in [6.45, 7) is 9.60. The molecule has 4 heteroatoms. The van der Waals surface area contributed by atoms with Crippen molar-refractivity contribution < 1.29 is 19.1 Å². The van der Waals surface area contributed by atoms with E-state index in [0.717, 1.165) is 11.1 Å². The van der Waals surface area contributed by atoms with Gasteiger partial charge in [0.2, 0.25) is 0 Å². The Morgan fingerprint density at radius 2 is 1.59 bits per heavy atom. The van der Waals surface area contributed by atoms with Crippen molar-refractivity contribution in [2.45, 2.75) is 33.1 Å². The van der Waals surface area contributed by atoms with Crippen LogP contribution in [0.1, 0.15) is 37.3 Å². The number of ether oxygens (including phenoxy) is 2. The minimum absolute atomic E-state index is 0.226. The molecule has 4 nitrogen and oxygen atoms in total. The van der Waals surface area contributed by atoms with E-state index in [0.29, 0.717) is 6.42 Å². The fourth-order valence-corrected chi connectivity index (χ4v) is 2.35. The molecule has 1 aromatic rings. The van der Waals surface area contributed by atoms with Crippen LogP contribution >= 0.6 is 0 Å². The summed E-state index contributed by atoms with van der Waals surface area (Å²) >= 11 is 0. The number of hydrogen-bond acceptors (Lipinski definition) is 4. The fourth-order valence-electron chi connectivity index (χ4n) is 2.35. The van der Waals surface area contributed by atoms with E-state index in [-0.39, 0.29) is 19.1 Å². The first-order valence-electron chi connectivity index (χ1n) is 7.55. The van der Waals surface area contributed by atoms with Gasteiger partial charge in [-0.3, -0.25) is 9.59 Å². The molecule has 1 rings (SSSR count). The molecular formula is C18H24O4. The van der Waals surface area contributed by atoms with E-state index in [2.05, 4.69) is 6.58 Å². The molecule has 0 spiro atoms. The Morgan fingerprint density at radius 3 is 2.00 bits per heavy atom. The average Bonchev–Trinajstić information content (AvgIpc) is 2.48. The summed E-state index contributed by atoms with van der Waals surface area (Å²) in [4.78, 5) is 24.5. The van der Waals surface area contributed by atoms with Gasteiger partial charge in [0.25, 0.3) is 0 Å². The van der Waals surface area contributed by atoms with Crippen molar-refractivity contribution >= 4 is 11.9 Å². The van der Waals surface area contributed by atoms with Crippen molar-refractivity contribution in [3.63, 3.8) is 0 Å². The molecule has 1 unspecified atom stereocenters. The Balaban J connectivity index is 3.18. The molecule has 1 aromatic carbocycles. The van der Waals surface area contributed by atoms with Crippen LogP contribution in [0.2, 0.25) is 0 Å². The number of hydrogen-bond donors (Lipinski definition) is 0. The van der Waals surface area contributed by atoms with Crippen molar-refractivity contribution in [2.75, 3.05) is 13.2 Å². The smallest absolute Gasteiger partial charge is 0.320 e. The highest BCUT2D eigenvalue weighted by molar-refractivity contribution is 5.96. The number of esters is 2. The molecule has 22 heavy (non-hydrogen) atoms. The lowest BCUT2D eigenvalue weighted by Gasteiger charge is -2.23. The van der Waals surface area contributed by atoms with Crippen molar-refractivity contribution in [3.05, 3.63) is 48.0 Å². The summed E-state index contributed by atoms with van der Waals surface area (Å²) in [5, 5.41) is 0. The Kier molecular flexibility index (Phi) is 7.37. The van der Waals surface area contributed by atoms with E-state index >= 15 is 0 Å². The normalized spacial score (nSPS) is 11.8. The predicted octanol–water partition coefficient (Wildman–Crippen LogP) is 3.40. The highest BCUT2D eigenvalue weighted by Gasteiger charge is 2.37. The molecule has 0 amide bonds. The molecule has 120 valence electrons. The first-order valence-corrected chi connectivity index (χ1v) is 7.55. The summed E-state index contributed by atoms with van der Waals surface area (Å²) in [5.41, 5.74) is 2.02. The second kappa shape index (κ2) is 9.03. The first kappa shape index (κ1) is 18.0. The lowest BCUT2D eigenvalue weighted by molar-refractivity contribution is -0.162. The quantitative estimate of drug-likeness (QED) is 0.419. The molecule has 0 fully saturated rings. The zero-order valence-electron chi connectivity index (χ0n) is 13.5. The summed E-state index contributed by atoms with van der Waals surface area (Å²) in [7, 11) is 0. The highest BCUT2D eigenvalue weighted by atomic mass is 16.6. The number of rotatable bonds is 8. The van der Waals surface area contributed by atoms with Gasteiger partial charge in [0, 0.05) is 5.92 Å². The average molecular weight is 304 g/mol. The molecule has 0 heterocycles. The van der Waals surface area contributed by atoms with Gasteiger partial charge in [0.15, 0.2) is 5.92 Å². The zero-order valence-corrected chi connectivity index (χ0v) is 13.5. The van der Waals surface area contributed by atoms with Gasteiger partial charge in [-0.2, -0.15) is 0 Å². The monoisotopic (exact) mass is 304 g/mol. The third kappa shape index (κ3) is 4.72. The zero-order chi connectivity index (χ0) is 16.5. The van der Waals surface area contributed by atoms with Crippen molar-refractivity contribution in [2.24, 2.45) is 5.92 Å². The minimum Gasteiger partial charge on any atom is -0.465 e. The Morgan fingerprint density at radius 1 is 1.09 bits per heavy atom. The number of carbonyl (C=O) groups excluding carboxylic acids is 2. The van der Waals surface area contributed by atoms with E-state index in [1.165, 1.54) is 0 Å². The van der Waals surface area contributed by atoms with Crippen LogP contribution in [0, 0.1) is 12.8 Å². The lowest BCUT2D eigenvalue weighted by atomic mass is 9.83. The van der Waals surface area contributed by atoms with Crippen LogP contribution in [0.4, 0.5) is 0 Å². The second-order valence-corrected chi connectivity index (χ2v) is 5.02. The molecule has 0 aliphatic rings. The van der Waals surface area contributed by atoms with Gasteiger partial charge in [-0.1, -0.05) is 35.9 Å². The van der Waals surface area contributed by atoms with Gasteiger partial charge in [0.05, 0.1) is 13.2 Å². The molecule has 0 saturated carbocycles. The maximum Gasteiger partial charge on any atom is 0.320 e. The standard InChI is InChI=1S/C18H24O4/c1-5-8-15(14-11-9-13(4)10-12-14)16(17(19)21-6-2)18(20)22-7-3/h5,9-12,15-16H,1,6-8H2,2-4H3. The van der Waals surface area contributed by atoms with Crippen LogP contribution in [-0.2, 0) is 19.1 Å². The van der Waals surface area contributed by atoms with Crippen LogP contribution in [0.3, 0.4) is 0 Å². The van der Waals surface area contributed by atoms with Crippen molar-refractivity contribution in [1.82, 2.24) is 0 Å². The van der Waals surface area contributed by atoms with Gasteiger partial charge in [0.1, 0.15) is 0 Å². The molecule has 0 aliphatic carbocycles. The molecule has 0 bridgehead atoms. The van der Waals surface area contributed by atoms with Crippen LogP contribution < -0.4 is 0 Å². The summed E-state index contributed by atoms with van der Waals surface area (Å²) in [6, 6.07) is 7.77. The van der Waals surface area contributed by atoms with E-state index in [1.54, 1.807) is 19.9 Å². The maximum absolute atomic E-state index is 12.3. The van der Waals surface area contributed by atoms with E-state index < -0.39 is 17.9 Å². The summed E-state index contributed by atoms with van der Waals surface area (Å²) in [5.74, 6) is -2.40. The van der Waals surface area contributed by atoms with Crippen molar-refractivity contribution in [1.29, 1.82) is 0 Å². The predicted molar refractivity (Wildman–Crippen MR) is 85.5 cm³/mol. The van der Waals surface area contributed by atoms with E-state index in [4.69, 9.17) is 9.47 Å². The van der Waals surface area contributed by atoms with Gasteiger partial charge in [-0.25, -0.2) is 0 Å². The van der Waals surface area contributed by atoms with Gasteiger partial charge >= 0.3 is 11.9 Å². The molecule has 0 saturated heterocycles. The molecule has 1 atom stereocenters. The third-order valence-corrected chi connectivity index (χ3v) is 3.41. The topological polar surface area (TPSA) is 52.6 Å². The fraction of sp³-hybridized carbons (Fsp3) is 0.444. The maximum atomic E-state index is 12.3. The van der Waals surface area contributed by atoms with E-state index in [1.807, 2.05) is 31.2 Å². The van der Waals surface area contributed by atoms with Crippen LogP contribution in [-0.4, -0.2) is 25.2 Å². The number of allylic oxidation sites excluding steroid dienone is 1. The largest absolute Gasteiger partial charge is 0.465 e. The number of aryl methyl sites for hydroxylation is 1. The second-order valence-electron chi connectivity index (χ2n) is 5.02. The van der Waals surface area contributed by atoms with Gasteiger partial charge in [-0.05, 0) is 32.8 Å². The molecule has 0 radical (unpaired) electrons. The van der Waals surface area contributed by atoms with Gasteiger partial charge < -0.3 is 9.47 Å². The van der Waals surface area contributed by atoms with Crippen molar-refractivity contribution in [3.8, 4) is 0 Å². The van der Waals surface area contributed by atoms with Crippen LogP contribution in [0.5, 0.6) is 0 Å². The minimum atomic E-state index is -0.972.